The van der Waals surface area contributed by atoms with Crippen LogP contribution in [0.2, 0.25) is 0 Å². The van der Waals surface area contributed by atoms with Gasteiger partial charge < -0.3 is 18.6 Å². The third-order valence-electron chi connectivity index (χ3n) is 4.89. The molecule has 5 nitrogen and oxygen atoms in total. The van der Waals surface area contributed by atoms with Crippen molar-refractivity contribution in [3.63, 3.8) is 0 Å². The van der Waals surface area contributed by atoms with Gasteiger partial charge in [-0.05, 0) is 42.3 Å². The maximum Gasteiger partial charge on any atom is 0.235 e. The zero-order valence-electron chi connectivity index (χ0n) is 17.4. The number of para-hydroxylation sites is 2. The Kier molecular flexibility index (Phi) is 5.76. The van der Waals surface area contributed by atoms with Crippen molar-refractivity contribution in [3.8, 4) is 23.0 Å². The largest absolute Gasteiger partial charge is 0.493 e. The molecule has 0 amide bonds. The van der Waals surface area contributed by atoms with Crippen molar-refractivity contribution in [2.75, 3.05) is 7.11 Å². The third kappa shape index (κ3) is 4.31. The maximum atomic E-state index is 13.0. The van der Waals surface area contributed by atoms with Crippen LogP contribution in [0.5, 0.6) is 23.0 Å². The van der Waals surface area contributed by atoms with E-state index in [4.69, 9.17) is 18.6 Å². The van der Waals surface area contributed by atoms with E-state index < -0.39 is 0 Å². The number of rotatable bonds is 7. The van der Waals surface area contributed by atoms with E-state index in [1.807, 2.05) is 36.4 Å². The quantitative estimate of drug-likeness (QED) is 0.364. The van der Waals surface area contributed by atoms with E-state index in [0.29, 0.717) is 40.6 Å². The molecule has 0 bridgehead atoms. The molecular weight excluding hydrogens is 392 g/mol. The van der Waals surface area contributed by atoms with E-state index in [9.17, 15) is 4.79 Å². The van der Waals surface area contributed by atoms with Crippen LogP contribution in [-0.4, -0.2) is 7.11 Å². The number of hydrogen-bond acceptors (Lipinski definition) is 5. The van der Waals surface area contributed by atoms with Crippen molar-refractivity contribution >= 4 is 17.0 Å². The van der Waals surface area contributed by atoms with Crippen LogP contribution in [0.25, 0.3) is 17.0 Å². The average Bonchev–Trinajstić information content (AvgIpc) is 2.80. The normalized spacial score (nSPS) is 10.6. The van der Waals surface area contributed by atoms with E-state index in [1.54, 1.807) is 50.4 Å². The topological polar surface area (TPSA) is 57.9 Å². The molecule has 1 aromatic heterocycles. The number of aryl methyl sites for hydroxylation is 1. The van der Waals surface area contributed by atoms with Gasteiger partial charge in [0, 0.05) is 6.07 Å². The first-order valence-corrected chi connectivity index (χ1v) is 9.81. The van der Waals surface area contributed by atoms with Gasteiger partial charge in [0.25, 0.3) is 0 Å². The molecule has 0 N–H and O–H groups in total. The summed E-state index contributed by atoms with van der Waals surface area (Å²) in [7, 11) is 1.55. The molecule has 0 saturated heterocycles. The lowest BCUT2D eigenvalue weighted by molar-refractivity contribution is 0.306. The number of ether oxygens (including phenoxy) is 3. The molecule has 3 aromatic carbocycles. The third-order valence-corrected chi connectivity index (χ3v) is 4.89. The molecular formula is C26H22O5. The molecule has 4 aromatic rings. The fourth-order valence-corrected chi connectivity index (χ4v) is 3.21. The van der Waals surface area contributed by atoms with Gasteiger partial charge in [-0.1, -0.05) is 49.1 Å². The number of methoxy groups -OCH3 is 1. The summed E-state index contributed by atoms with van der Waals surface area (Å²) in [6.45, 7) is 5.85. The van der Waals surface area contributed by atoms with E-state index in [-0.39, 0.29) is 11.2 Å². The fourth-order valence-electron chi connectivity index (χ4n) is 3.21. The summed E-state index contributed by atoms with van der Waals surface area (Å²) in [6.07, 6.45) is 1.80. The van der Waals surface area contributed by atoms with Crippen molar-refractivity contribution in [3.05, 3.63) is 100 Å². The van der Waals surface area contributed by atoms with Crippen molar-refractivity contribution in [2.24, 2.45) is 0 Å². The second-order valence-corrected chi connectivity index (χ2v) is 6.96. The van der Waals surface area contributed by atoms with Gasteiger partial charge in [-0.25, -0.2) is 0 Å². The van der Waals surface area contributed by atoms with Gasteiger partial charge in [0.15, 0.2) is 11.5 Å². The monoisotopic (exact) mass is 414 g/mol. The van der Waals surface area contributed by atoms with E-state index in [0.717, 1.165) is 11.1 Å². The summed E-state index contributed by atoms with van der Waals surface area (Å²) >= 11 is 0. The summed E-state index contributed by atoms with van der Waals surface area (Å²) < 4.78 is 22.9. The molecule has 0 unspecified atom stereocenters. The van der Waals surface area contributed by atoms with Crippen LogP contribution >= 0.6 is 0 Å². The number of benzene rings is 3. The Morgan fingerprint density at radius 1 is 1.00 bits per heavy atom. The van der Waals surface area contributed by atoms with Gasteiger partial charge in [0.2, 0.25) is 11.2 Å². The summed E-state index contributed by atoms with van der Waals surface area (Å²) in [5.74, 6) is 2.10. The van der Waals surface area contributed by atoms with Gasteiger partial charge in [0.05, 0.1) is 12.5 Å². The van der Waals surface area contributed by atoms with Crippen LogP contribution < -0.4 is 19.6 Å². The Morgan fingerprint density at radius 3 is 2.45 bits per heavy atom. The van der Waals surface area contributed by atoms with Crippen LogP contribution in [0, 0.1) is 6.92 Å². The van der Waals surface area contributed by atoms with E-state index in [1.165, 1.54) is 0 Å². The highest BCUT2D eigenvalue weighted by molar-refractivity contribution is 5.79. The highest BCUT2D eigenvalue weighted by Gasteiger charge is 2.16. The standard InChI is InChI=1S/C26H22O5/c1-4-18-9-11-19(12-10-18)16-29-20-13-14-21-24(15-20)30-17(2)26(25(21)27)31-23-8-6-5-7-22(23)28-3/h4-15H,1,16H2,2-3H3. The summed E-state index contributed by atoms with van der Waals surface area (Å²) in [5.41, 5.74) is 2.27. The van der Waals surface area contributed by atoms with Crippen LogP contribution in [-0.2, 0) is 6.61 Å². The Balaban J connectivity index is 1.60. The molecule has 1 heterocycles. The Morgan fingerprint density at radius 2 is 1.74 bits per heavy atom. The lowest BCUT2D eigenvalue weighted by Crippen LogP contribution is -2.08. The van der Waals surface area contributed by atoms with Gasteiger partial charge in [-0.3, -0.25) is 4.79 Å². The molecule has 0 spiro atoms. The lowest BCUT2D eigenvalue weighted by atomic mass is 10.1. The van der Waals surface area contributed by atoms with Crippen LogP contribution in [0.1, 0.15) is 16.9 Å². The molecule has 0 radical (unpaired) electrons. The lowest BCUT2D eigenvalue weighted by Gasteiger charge is -2.12. The minimum Gasteiger partial charge on any atom is -0.493 e. The maximum absolute atomic E-state index is 13.0. The van der Waals surface area contributed by atoms with Gasteiger partial charge in [0.1, 0.15) is 23.7 Å². The molecule has 5 heteroatoms. The molecule has 0 aliphatic rings. The number of hydrogen-bond donors (Lipinski definition) is 0. The summed E-state index contributed by atoms with van der Waals surface area (Å²) in [5, 5.41) is 0.415. The average molecular weight is 414 g/mol. The van der Waals surface area contributed by atoms with Crippen LogP contribution in [0.4, 0.5) is 0 Å². The number of fused-ring (bicyclic) bond motifs is 1. The van der Waals surface area contributed by atoms with Crippen molar-refractivity contribution in [2.45, 2.75) is 13.5 Å². The molecule has 0 saturated carbocycles. The highest BCUT2D eigenvalue weighted by Crippen LogP contribution is 2.32. The van der Waals surface area contributed by atoms with Gasteiger partial charge >= 0.3 is 0 Å². The first-order chi connectivity index (χ1) is 15.1. The van der Waals surface area contributed by atoms with Crippen molar-refractivity contribution in [1.29, 1.82) is 0 Å². The van der Waals surface area contributed by atoms with E-state index in [2.05, 4.69) is 6.58 Å². The van der Waals surface area contributed by atoms with Crippen LogP contribution in [0.3, 0.4) is 0 Å². The van der Waals surface area contributed by atoms with Gasteiger partial charge in [-0.15, -0.1) is 0 Å². The minimum absolute atomic E-state index is 0.132. The molecule has 0 aliphatic heterocycles. The second-order valence-electron chi connectivity index (χ2n) is 6.96. The predicted molar refractivity (Wildman–Crippen MR) is 121 cm³/mol. The zero-order valence-corrected chi connectivity index (χ0v) is 17.4. The smallest absolute Gasteiger partial charge is 0.235 e. The Bertz CT molecular complexity index is 1290. The SMILES string of the molecule is C=Cc1ccc(COc2ccc3c(=O)c(Oc4ccccc4OC)c(C)oc3c2)cc1. The first-order valence-electron chi connectivity index (χ1n) is 9.81. The first kappa shape index (κ1) is 20.3. The van der Waals surface area contributed by atoms with Crippen LogP contribution in [0.15, 0.2) is 82.5 Å². The Hall–Kier alpha value is -3.99. The molecule has 0 atom stereocenters. The zero-order chi connectivity index (χ0) is 21.8. The molecule has 156 valence electrons. The highest BCUT2D eigenvalue weighted by atomic mass is 16.5. The predicted octanol–water partition coefficient (Wildman–Crippen LogP) is 6.12. The molecule has 31 heavy (non-hydrogen) atoms. The van der Waals surface area contributed by atoms with E-state index >= 15 is 0 Å². The van der Waals surface area contributed by atoms with Gasteiger partial charge in [-0.2, -0.15) is 0 Å². The van der Waals surface area contributed by atoms with Crippen molar-refractivity contribution < 1.29 is 18.6 Å². The molecule has 0 fully saturated rings. The van der Waals surface area contributed by atoms with Crippen molar-refractivity contribution in [1.82, 2.24) is 0 Å². The fraction of sp³-hybridized carbons (Fsp3) is 0.115. The summed E-state index contributed by atoms with van der Waals surface area (Å²) in [6, 6.07) is 20.2. The molecule has 4 rings (SSSR count). The minimum atomic E-state index is -0.254. The molecule has 0 aliphatic carbocycles. The second kappa shape index (κ2) is 8.79. The summed E-state index contributed by atoms with van der Waals surface area (Å²) in [4.78, 5) is 13.0. The Labute approximate surface area is 180 Å².